The van der Waals surface area contributed by atoms with Crippen molar-refractivity contribution in [2.75, 3.05) is 36.0 Å². The van der Waals surface area contributed by atoms with Gasteiger partial charge in [0, 0.05) is 43.1 Å². The molecule has 2 heterocycles. The summed E-state index contributed by atoms with van der Waals surface area (Å²) in [5.41, 5.74) is 5.13. The van der Waals surface area contributed by atoms with Crippen LogP contribution in [0.1, 0.15) is 41.3 Å². The highest BCUT2D eigenvalue weighted by molar-refractivity contribution is 6.00. The number of nitriles is 1. The predicted molar refractivity (Wildman–Crippen MR) is 108 cm³/mol. The molecule has 0 aromatic heterocycles. The van der Waals surface area contributed by atoms with Gasteiger partial charge in [0.2, 0.25) is 0 Å². The lowest BCUT2D eigenvalue weighted by Gasteiger charge is -2.36. The molecule has 4 nitrogen and oxygen atoms in total. The van der Waals surface area contributed by atoms with Crippen LogP contribution < -0.4 is 9.80 Å². The number of anilines is 2. The summed E-state index contributed by atoms with van der Waals surface area (Å²) < 4.78 is 0. The van der Waals surface area contributed by atoms with Gasteiger partial charge >= 0.3 is 0 Å². The number of Topliss-reactive ketones (excluding diaryl/α,β-unsaturated/α-hetero) is 1. The van der Waals surface area contributed by atoms with Crippen molar-refractivity contribution in [2.45, 2.75) is 26.2 Å². The first-order chi connectivity index (χ1) is 13.2. The van der Waals surface area contributed by atoms with E-state index in [2.05, 4.69) is 40.1 Å². The van der Waals surface area contributed by atoms with Gasteiger partial charge < -0.3 is 9.80 Å². The Morgan fingerprint density at radius 3 is 2.63 bits per heavy atom. The smallest absolute Gasteiger partial charge is 0.161 e. The Hall–Kier alpha value is -2.80. The van der Waals surface area contributed by atoms with Crippen LogP contribution in [0.2, 0.25) is 0 Å². The van der Waals surface area contributed by atoms with Gasteiger partial charge in [-0.2, -0.15) is 5.26 Å². The van der Waals surface area contributed by atoms with Crippen molar-refractivity contribution in [3.8, 4) is 6.07 Å². The Bertz CT molecular complexity index is 891. The van der Waals surface area contributed by atoms with Crippen molar-refractivity contribution in [3.05, 3.63) is 59.2 Å². The molecule has 2 aromatic carbocycles. The van der Waals surface area contributed by atoms with E-state index in [1.165, 1.54) is 11.3 Å². The Kier molecular flexibility index (Phi) is 4.85. The zero-order chi connectivity index (χ0) is 18.8. The van der Waals surface area contributed by atoms with Gasteiger partial charge in [-0.1, -0.05) is 18.2 Å². The van der Waals surface area contributed by atoms with Crippen LogP contribution in [0.15, 0.2) is 42.5 Å². The van der Waals surface area contributed by atoms with E-state index in [0.717, 1.165) is 56.7 Å². The molecule has 1 saturated heterocycles. The topological polar surface area (TPSA) is 47.3 Å². The van der Waals surface area contributed by atoms with E-state index in [1.54, 1.807) is 19.1 Å². The molecule has 0 radical (unpaired) electrons. The normalized spacial score (nSPS) is 16.9. The van der Waals surface area contributed by atoms with Crippen molar-refractivity contribution < 1.29 is 4.79 Å². The van der Waals surface area contributed by atoms with Crippen LogP contribution in [0.4, 0.5) is 11.4 Å². The average Bonchev–Trinajstić information content (AvgIpc) is 3.11. The Labute approximate surface area is 161 Å². The van der Waals surface area contributed by atoms with Gasteiger partial charge in [0.25, 0.3) is 0 Å². The minimum absolute atomic E-state index is 0.0605. The second-order valence-electron chi connectivity index (χ2n) is 7.66. The van der Waals surface area contributed by atoms with Crippen molar-refractivity contribution in [1.29, 1.82) is 5.26 Å². The Morgan fingerprint density at radius 2 is 1.89 bits per heavy atom. The van der Waals surface area contributed by atoms with Gasteiger partial charge in [0.05, 0.1) is 11.6 Å². The van der Waals surface area contributed by atoms with Crippen LogP contribution in [-0.2, 0) is 6.42 Å². The van der Waals surface area contributed by atoms with Gasteiger partial charge in [-0.15, -0.1) is 0 Å². The Morgan fingerprint density at radius 1 is 1.11 bits per heavy atom. The molecule has 0 bridgehead atoms. The average molecular weight is 359 g/mol. The molecule has 2 aliphatic heterocycles. The summed E-state index contributed by atoms with van der Waals surface area (Å²) in [5.74, 6) is 0.734. The number of carbonyl (C=O) groups is 1. The number of para-hydroxylation sites is 1. The maximum Gasteiger partial charge on any atom is 0.161 e. The SMILES string of the molecule is CC(=O)c1ccc(C#N)cc1N1CCC(CN2CCc3ccccc32)CC1. The van der Waals surface area contributed by atoms with Crippen molar-refractivity contribution in [1.82, 2.24) is 0 Å². The summed E-state index contributed by atoms with van der Waals surface area (Å²) in [4.78, 5) is 16.8. The van der Waals surface area contributed by atoms with Gasteiger partial charge in [-0.05, 0) is 61.9 Å². The van der Waals surface area contributed by atoms with Crippen molar-refractivity contribution in [3.63, 3.8) is 0 Å². The molecule has 0 saturated carbocycles. The fourth-order valence-corrected chi connectivity index (χ4v) is 4.42. The second-order valence-corrected chi connectivity index (χ2v) is 7.66. The molecule has 1 fully saturated rings. The first-order valence-electron chi connectivity index (χ1n) is 9.78. The van der Waals surface area contributed by atoms with E-state index in [0.29, 0.717) is 11.5 Å². The van der Waals surface area contributed by atoms with Crippen LogP contribution in [-0.4, -0.2) is 32.0 Å². The third kappa shape index (κ3) is 3.55. The fraction of sp³-hybridized carbons (Fsp3) is 0.391. The van der Waals surface area contributed by atoms with Gasteiger partial charge in [-0.3, -0.25) is 4.79 Å². The lowest BCUT2D eigenvalue weighted by atomic mass is 9.94. The maximum atomic E-state index is 12.0. The lowest BCUT2D eigenvalue weighted by molar-refractivity contribution is 0.101. The van der Waals surface area contributed by atoms with Crippen molar-refractivity contribution in [2.24, 2.45) is 5.92 Å². The molecule has 0 unspecified atom stereocenters. The number of rotatable bonds is 4. The van der Waals surface area contributed by atoms with Crippen LogP contribution in [0.25, 0.3) is 0 Å². The predicted octanol–water partition coefficient (Wildman–Crippen LogP) is 4.04. The molecule has 27 heavy (non-hydrogen) atoms. The molecule has 0 spiro atoms. The van der Waals surface area contributed by atoms with E-state index < -0.39 is 0 Å². The van der Waals surface area contributed by atoms with Crippen LogP contribution in [0, 0.1) is 17.2 Å². The van der Waals surface area contributed by atoms with Gasteiger partial charge in [0.15, 0.2) is 5.78 Å². The number of piperidine rings is 1. The first-order valence-corrected chi connectivity index (χ1v) is 9.78. The molecule has 0 atom stereocenters. The largest absolute Gasteiger partial charge is 0.371 e. The minimum atomic E-state index is 0.0605. The van der Waals surface area contributed by atoms with E-state index in [4.69, 9.17) is 0 Å². The molecule has 0 amide bonds. The molecule has 2 aliphatic rings. The molecular weight excluding hydrogens is 334 g/mol. The van der Waals surface area contributed by atoms with E-state index in [-0.39, 0.29) is 5.78 Å². The molecular formula is C23H25N3O. The summed E-state index contributed by atoms with van der Waals surface area (Å²) in [5, 5.41) is 9.21. The molecule has 138 valence electrons. The summed E-state index contributed by atoms with van der Waals surface area (Å²) >= 11 is 0. The number of benzene rings is 2. The summed E-state index contributed by atoms with van der Waals surface area (Å²) in [7, 11) is 0. The summed E-state index contributed by atoms with van der Waals surface area (Å²) in [6.07, 6.45) is 3.39. The summed E-state index contributed by atoms with van der Waals surface area (Å²) in [6.45, 7) is 5.72. The quantitative estimate of drug-likeness (QED) is 0.773. The number of ketones is 1. The third-order valence-corrected chi connectivity index (χ3v) is 5.92. The molecule has 4 heteroatoms. The highest BCUT2D eigenvalue weighted by Gasteiger charge is 2.26. The van der Waals surface area contributed by atoms with Gasteiger partial charge in [-0.25, -0.2) is 0 Å². The molecule has 0 aliphatic carbocycles. The Balaban J connectivity index is 1.43. The standard InChI is InChI=1S/C23H25N3O/c1-17(27)21-7-6-19(15-24)14-23(21)25-11-8-18(9-12-25)16-26-13-10-20-4-2-3-5-22(20)26/h2-7,14,18H,8-13,16H2,1H3. The number of fused-ring (bicyclic) bond motifs is 1. The lowest BCUT2D eigenvalue weighted by Crippen LogP contribution is -2.39. The second kappa shape index (κ2) is 7.44. The maximum absolute atomic E-state index is 12.0. The molecule has 4 rings (SSSR count). The van der Waals surface area contributed by atoms with Crippen LogP contribution >= 0.6 is 0 Å². The highest BCUT2D eigenvalue weighted by Crippen LogP contribution is 2.32. The van der Waals surface area contributed by atoms with Crippen LogP contribution in [0.5, 0.6) is 0 Å². The number of hydrogen-bond donors (Lipinski definition) is 0. The third-order valence-electron chi connectivity index (χ3n) is 5.92. The van der Waals surface area contributed by atoms with E-state index >= 15 is 0 Å². The first kappa shape index (κ1) is 17.6. The van der Waals surface area contributed by atoms with Gasteiger partial charge in [0.1, 0.15) is 0 Å². The highest BCUT2D eigenvalue weighted by atomic mass is 16.1. The van der Waals surface area contributed by atoms with E-state index in [9.17, 15) is 10.1 Å². The molecule has 2 aromatic rings. The zero-order valence-electron chi connectivity index (χ0n) is 15.8. The van der Waals surface area contributed by atoms with E-state index in [1.807, 2.05) is 6.07 Å². The monoisotopic (exact) mass is 359 g/mol. The number of carbonyl (C=O) groups excluding carboxylic acids is 1. The van der Waals surface area contributed by atoms with Crippen molar-refractivity contribution >= 4 is 17.2 Å². The number of nitrogens with zero attached hydrogens (tertiary/aromatic N) is 3. The summed E-state index contributed by atoms with van der Waals surface area (Å²) in [6, 6.07) is 16.3. The number of hydrogen-bond acceptors (Lipinski definition) is 4. The fourth-order valence-electron chi connectivity index (χ4n) is 4.42. The minimum Gasteiger partial charge on any atom is -0.371 e. The molecule has 0 N–H and O–H groups in total. The van der Waals surface area contributed by atoms with Crippen LogP contribution in [0.3, 0.4) is 0 Å². The zero-order valence-corrected chi connectivity index (χ0v) is 15.8.